The van der Waals surface area contributed by atoms with Crippen molar-refractivity contribution in [3.8, 4) is 22.8 Å². The summed E-state index contributed by atoms with van der Waals surface area (Å²) in [6, 6.07) is 17.0. The molecule has 16 heteroatoms. The van der Waals surface area contributed by atoms with E-state index >= 15 is 0 Å². The van der Waals surface area contributed by atoms with E-state index in [0.717, 1.165) is 57.1 Å². The van der Waals surface area contributed by atoms with Gasteiger partial charge in [0, 0.05) is 36.3 Å². The van der Waals surface area contributed by atoms with Crippen LogP contribution in [-0.4, -0.2) is 65.1 Å². The summed E-state index contributed by atoms with van der Waals surface area (Å²) in [5, 5.41) is 16.7. The highest BCUT2D eigenvalue weighted by Crippen LogP contribution is 2.38. The molecule has 0 amide bonds. The summed E-state index contributed by atoms with van der Waals surface area (Å²) < 4.78 is 77.3. The normalized spacial score (nSPS) is 16.1. The lowest BCUT2D eigenvalue weighted by Gasteiger charge is -2.33. The van der Waals surface area contributed by atoms with Gasteiger partial charge in [-0.25, -0.2) is 14.6 Å². The van der Waals surface area contributed by atoms with Crippen LogP contribution in [0.4, 0.5) is 24.8 Å². The molecule has 5 rings (SSSR count). The van der Waals surface area contributed by atoms with Gasteiger partial charge in [0.1, 0.15) is 24.1 Å². The molecule has 0 unspecified atom stereocenters. The van der Waals surface area contributed by atoms with Crippen molar-refractivity contribution < 1.29 is 31.5 Å². The number of ether oxygens (including phenoxy) is 1. The number of oxime groups is 1. The summed E-state index contributed by atoms with van der Waals surface area (Å²) in [4.78, 5) is 11.2. The molecule has 0 saturated heterocycles. The molecule has 1 aromatic carbocycles. The van der Waals surface area contributed by atoms with Crippen molar-refractivity contribution in [1.29, 1.82) is 0 Å². The SMILES string of the molecule is CC(C)(CN1CCCCCCc2ccccc2-c2nc(ccc2-n2ccc(OCC(C)(C)C(F)(F)F)n2)NS(=O)(=O)c2cccc1n2)/C(N)=N/O. The third-order valence-electron chi connectivity index (χ3n) is 8.86. The van der Waals surface area contributed by atoms with Gasteiger partial charge in [-0.1, -0.05) is 62.2 Å². The van der Waals surface area contributed by atoms with E-state index in [2.05, 4.69) is 20.0 Å². The molecular weight excluding hydrogens is 685 g/mol. The van der Waals surface area contributed by atoms with Crippen LogP contribution in [0.2, 0.25) is 0 Å². The fourth-order valence-corrected chi connectivity index (χ4v) is 6.54. The third kappa shape index (κ3) is 8.72. The summed E-state index contributed by atoms with van der Waals surface area (Å²) in [7, 11) is -4.24. The van der Waals surface area contributed by atoms with Gasteiger partial charge < -0.3 is 20.6 Å². The lowest BCUT2D eigenvalue weighted by atomic mass is 9.91. The zero-order valence-corrected chi connectivity index (χ0v) is 29.8. The maximum Gasteiger partial charge on any atom is 0.397 e. The first-order valence-electron chi connectivity index (χ1n) is 16.6. The lowest BCUT2D eigenvalue weighted by Crippen LogP contribution is -2.43. The van der Waals surface area contributed by atoms with E-state index in [1.54, 1.807) is 24.4 Å². The van der Waals surface area contributed by atoms with Crippen LogP contribution in [-0.2, 0) is 16.4 Å². The van der Waals surface area contributed by atoms with Gasteiger partial charge in [0.25, 0.3) is 10.0 Å². The summed E-state index contributed by atoms with van der Waals surface area (Å²) in [5.74, 6) is 0.495. The maximum atomic E-state index is 13.8. The van der Waals surface area contributed by atoms with E-state index in [4.69, 9.17) is 15.5 Å². The Morgan fingerprint density at radius 1 is 0.980 bits per heavy atom. The largest absolute Gasteiger partial charge is 0.476 e. The molecule has 12 nitrogen and oxygen atoms in total. The number of hydrogen-bond donors (Lipinski definition) is 3. The van der Waals surface area contributed by atoms with Crippen molar-refractivity contribution in [2.24, 2.45) is 21.7 Å². The number of amidine groups is 1. The number of aryl methyl sites for hydroxylation is 1. The predicted molar refractivity (Wildman–Crippen MR) is 189 cm³/mol. The van der Waals surface area contributed by atoms with Crippen LogP contribution >= 0.6 is 0 Å². The third-order valence-corrected chi connectivity index (χ3v) is 10.1. The number of halogens is 3. The van der Waals surface area contributed by atoms with E-state index < -0.39 is 33.6 Å². The number of nitrogens with zero attached hydrogens (tertiary/aromatic N) is 6. The number of aromatic nitrogens is 4. The number of anilines is 2. The van der Waals surface area contributed by atoms with E-state index in [1.165, 1.54) is 22.9 Å². The van der Waals surface area contributed by atoms with Gasteiger partial charge in [0.2, 0.25) is 5.88 Å². The molecule has 3 aromatic heterocycles. The van der Waals surface area contributed by atoms with Crippen molar-refractivity contribution >= 4 is 27.5 Å². The molecule has 0 spiro atoms. The second-order valence-electron chi connectivity index (χ2n) is 13.9. The topological polar surface area (TPSA) is 161 Å². The number of sulfonamides is 1. The molecule has 1 aliphatic rings. The van der Waals surface area contributed by atoms with Crippen LogP contribution in [0.15, 0.2) is 77.0 Å². The van der Waals surface area contributed by atoms with Gasteiger partial charge >= 0.3 is 6.18 Å². The molecule has 0 fully saturated rings. The Morgan fingerprint density at radius 3 is 2.47 bits per heavy atom. The predicted octanol–water partition coefficient (Wildman–Crippen LogP) is 6.79. The fourth-order valence-electron chi connectivity index (χ4n) is 5.58. The zero-order valence-electron chi connectivity index (χ0n) is 29.0. The van der Waals surface area contributed by atoms with E-state index in [9.17, 15) is 26.8 Å². The molecule has 4 bridgehead atoms. The minimum atomic E-state index is -4.46. The molecule has 4 aromatic rings. The minimum absolute atomic E-state index is 0.00317. The summed E-state index contributed by atoms with van der Waals surface area (Å²) in [6.07, 6.45) is 1.29. The number of alkyl halides is 3. The van der Waals surface area contributed by atoms with E-state index in [0.29, 0.717) is 30.3 Å². The monoisotopic (exact) mass is 728 g/mol. The summed E-state index contributed by atoms with van der Waals surface area (Å²) in [5.41, 5.74) is 5.80. The molecule has 0 radical (unpaired) electrons. The van der Waals surface area contributed by atoms with Crippen molar-refractivity contribution in [2.75, 3.05) is 29.3 Å². The van der Waals surface area contributed by atoms with Gasteiger partial charge in [0.15, 0.2) is 5.03 Å². The molecule has 4 N–H and O–H groups in total. The Labute approximate surface area is 295 Å². The quantitative estimate of drug-likeness (QED) is 0.0805. The van der Waals surface area contributed by atoms with Gasteiger partial charge in [-0.3, -0.25) is 4.72 Å². The Kier molecular flexibility index (Phi) is 10.8. The molecule has 1 aliphatic heterocycles. The van der Waals surface area contributed by atoms with Crippen LogP contribution in [0.5, 0.6) is 5.88 Å². The Bertz CT molecular complexity index is 1980. The van der Waals surface area contributed by atoms with E-state index in [-0.39, 0.29) is 22.6 Å². The maximum absolute atomic E-state index is 13.8. The Hall–Kier alpha value is -4.86. The second kappa shape index (κ2) is 14.8. The number of hydrogen-bond acceptors (Lipinski definition) is 9. The van der Waals surface area contributed by atoms with E-state index in [1.807, 2.05) is 43.0 Å². The van der Waals surface area contributed by atoms with Crippen molar-refractivity contribution in [1.82, 2.24) is 19.7 Å². The van der Waals surface area contributed by atoms with Gasteiger partial charge in [-0.2, -0.15) is 21.6 Å². The summed E-state index contributed by atoms with van der Waals surface area (Å²) in [6.45, 7) is 6.05. The summed E-state index contributed by atoms with van der Waals surface area (Å²) >= 11 is 0. The molecule has 0 aliphatic carbocycles. The Morgan fingerprint density at radius 2 is 1.73 bits per heavy atom. The first-order valence-corrected chi connectivity index (χ1v) is 18.1. The minimum Gasteiger partial charge on any atom is -0.476 e. The van der Waals surface area contributed by atoms with Crippen molar-refractivity contribution in [3.05, 3.63) is 72.4 Å². The average molecular weight is 729 g/mol. The number of benzene rings is 1. The highest BCUT2D eigenvalue weighted by atomic mass is 32.2. The standard InChI is InChI=1S/C35H43F3N8O4S/c1-33(2,32(39)43-47)22-45-20-10-6-5-7-12-24-13-8-9-14-25(24)31-26(46-21-19-29(42-46)50-23-34(3,4)35(36,37)38)17-18-27(40-31)44-51(48,49)30-16-11-15-28(45)41-30/h8-9,11,13-19,21,47H,5-7,10,12,20,22-23H2,1-4H3,(H2,39,43)(H,40,44). The van der Waals surface area contributed by atoms with Crippen LogP contribution < -0.4 is 20.1 Å². The number of nitrogens with one attached hydrogen (secondary N) is 1. The number of rotatable bonds is 7. The number of fused-ring (bicyclic) bond motifs is 6. The Balaban J connectivity index is 1.54. The molecule has 0 atom stereocenters. The lowest BCUT2D eigenvalue weighted by molar-refractivity contribution is -0.219. The van der Waals surface area contributed by atoms with Gasteiger partial charge in [0.05, 0.1) is 16.8 Å². The van der Waals surface area contributed by atoms with Crippen molar-refractivity contribution in [3.63, 3.8) is 0 Å². The fraction of sp³-hybridized carbons (Fsp3) is 0.429. The van der Waals surface area contributed by atoms with Gasteiger partial charge in [-0.05, 0) is 62.9 Å². The highest BCUT2D eigenvalue weighted by Gasteiger charge is 2.48. The second-order valence-corrected chi connectivity index (χ2v) is 15.5. The molecule has 51 heavy (non-hydrogen) atoms. The molecular formula is C35H43F3N8O4S. The van der Waals surface area contributed by atoms with Crippen LogP contribution in [0.3, 0.4) is 0 Å². The zero-order chi connectivity index (χ0) is 37.0. The average Bonchev–Trinajstić information content (AvgIpc) is 3.56. The van der Waals surface area contributed by atoms with Crippen LogP contribution in [0.25, 0.3) is 16.9 Å². The number of nitrogens with two attached hydrogens (primary N) is 1. The van der Waals surface area contributed by atoms with Gasteiger partial charge in [-0.15, -0.1) is 5.10 Å². The van der Waals surface area contributed by atoms with Crippen LogP contribution in [0.1, 0.15) is 58.9 Å². The highest BCUT2D eigenvalue weighted by molar-refractivity contribution is 7.92. The van der Waals surface area contributed by atoms with Crippen LogP contribution in [0, 0.1) is 10.8 Å². The smallest absolute Gasteiger partial charge is 0.397 e. The molecule has 274 valence electrons. The first-order chi connectivity index (χ1) is 24.0. The van der Waals surface area contributed by atoms with Crippen molar-refractivity contribution in [2.45, 2.75) is 71.0 Å². The molecule has 4 heterocycles. The first kappa shape index (κ1) is 37.4. The number of pyridine rings is 2. The molecule has 0 saturated carbocycles.